The monoisotopic (exact) mass is 276 g/mol. The van der Waals surface area contributed by atoms with Crippen molar-refractivity contribution < 1.29 is 4.79 Å². The maximum absolute atomic E-state index is 12.0. The molecule has 0 aliphatic heterocycles. The zero-order chi connectivity index (χ0) is 14.7. The number of nitrogens with zero attached hydrogens (tertiary/aromatic N) is 5. The normalized spacial score (nSPS) is 11.1. The van der Waals surface area contributed by atoms with Gasteiger partial charge in [0.1, 0.15) is 0 Å². The van der Waals surface area contributed by atoms with Crippen LogP contribution in [0.15, 0.2) is 18.5 Å². The molecule has 20 heavy (non-hydrogen) atoms. The van der Waals surface area contributed by atoms with E-state index in [2.05, 4.69) is 20.4 Å². The van der Waals surface area contributed by atoms with Crippen molar-refractivity contribution >= 4 is 11.6 Å². The number of hydrogen-bond acceptors (Lipinski definition) is 4. The number of nitrogens with one attached hydrogen (secondary N) is 1. The fraction of sp³-hybridized carbons (Fsp3) is 0.462. The highest BCUT2D eigenvalue weighted by atomic mass is 16.2. The summed E-state index contributed by atoms with van der Waals surface area (Å²) >= 11 is 0. The highest BCUT2D eigenvalue weighted by molar-refractivity contribution is 6.02. The van der Waals surface area contributed by atoms with Crippen LogP contribution in [-0.2, 0) is 13.6 Å². The Morgan fingerprint density at radius 1 is 1.45 bits per heavy atom. The van der Waals surface area contributed by atoms with Gasteiger partial charge in [0.15, 0.2) is 5.69 Å². The van der Waals surface area contributed by atoms with Crippen LogP contribution in [0.2, 0.25) is 0 Å². The smallest absolute Gasteiger partial charge is 0.276 e. The van der Waals surface area contributed by atoms with Crippen LogP contribution < -0.4 is 5.32 Å². The lowest BCUT2D eigenvalue weighted by Gasteiger charge is -2.08. The lowest BCUT2D eigenvalue weighted by Crippen LogP contribution is -2.18. The molecule has 0 aliphatic rings. The first-order valence-electron chi connectivity index (χ1n) is 6.45. The van der Waals surface area contributed by atoms with E-state index in [1.807, 2.05) is 34.3 Å². The number of aryl methyl sites for hydroxylation is 2. The van der Waals surface area contributed by atoms with E-state index in [9.17, 15) is 4.79 Å². The van der Waals surface area contributed by atoms with E-state index in [-0.39, 0.29) is 5.91 Å². The summed E-state index contributed by atoms with van der Waals surface area (Å²) in [5, 5.41) is 11.1. The third-order valence-corrected chi connectivity index (χ3v) is 3.01. The molecule has 0 saturated carbocycles. The molecule has 0 bridgehead atoms. The van der Waals surface area contributed by atoms with Gasteiger partial charge < -0.3 is 10.2 Å². The second kappa shape index (κ2) is 5.87. The zero-order valence-corrected chi connectivity index (χ0v) is 12.3. The molecular formula is C13H20N6O. The second-order valence-corrected chi connectivity index (χ2v) is 5.04. The topological polar surface area (TPSA) is 68.0 Å². The molecule has 0 saturated heterocycles. The average molecular weight is 276 g/mol. The summed E-state index contributed by atoms with van der Waals surface area (Å²) in [6.07, 6.45) is 3.46. The molecule has 7 heteroatoms. The van der Waals surface area contributed by atoms with Crippen LogP contribution in [0.4, 0.5) is 5.69 Å². The second-order valence-electron chi connectivity index (χ2n) is 5.04. The molecule has 1 N–H and O–H groups in total. The molecule has 7 nitrogen and oxygen atoms in total. The molecule has 2 aromatic rings. The molecule has 0 radical (unpaired) electrons. The Hall–Kier alpha value is -2.15. The average Bonchev–Trinajstić information content (AvgIpc) is 2.95. The van der Waals surface area contributed by atoms with Crippen LogP contribution in [0, 0.1) is 6.92 Å². The Balaban J connectivity index is 1.98. The largest absolute Gasteiger partial charge is 0.318 e. The van der Waals surface area contributed by atoms with Gasteiger partial charge in [-0.3, -0.25) is 14.2 Å². The van der Waals surface area contributed by atoms with Crippen molar-refractivity contribution in [1.29, 1.82) is 0 Å². The van der Waals surface area contributed by atoms with Gasteiger partial charge in [-0.2, -0.15) is 10.2 Å². The Morgan fingerprint density at radius 2 is 2.20 bits per heavy atom. The quantitative estimate of drug-likeness (QED) is 0.874. The van der Waals surface area contributed by atoms with Crippen molar-refractivity contribution in [2.24, 2.45) is 7.05 Å². The summed E-state index contributed by atoms with van der Waals surface area (Å²) in [7, 11) is 5.83. The molecule has 2 aromatic heterocycles. The molecule has 0 aromatic carbocycles. The maximum atomic E-state index is 12.0. The van der Waals surface area contributed by atoms with E-state index < -0.39 is 0 Å². The molecule has 108 valence electrons. The zero-order valence-electron chi connectivity index (χ0n) is 12.3. The number of amides is 1. The minimum Gasteiger partial charge on any atom is -0.318 e. The van der Waals surface area contributed by atoms with Gasteiger partial charge in [0.05, 0.1) is 18.4 Å². The van der Waals surface area contributed by atoms with E-state index in [4.69, 9.17) is 0 Å². The van der Waals surface area contributed by atoms with E-state index in [0.29, 0.717) is 11.4 Å². The van der Waals surface area contributed by atoms with Crippen LogP contribution in [0.3, 0.4) is 0 Å². The van der Waals surface area contributed by atoms with Gasteiger partial charge in [0.25, 0.3) is 5.91 Å². The molecule has 0 spiro atoms. The van der Waals surface area contributed by atoms with Gasteiger partial charge in [0, 0.05) is 25.5 Å². The summed E-state index contributed by atoms with van der Waals surface area (Å²) in [4.78, 5) is 14.1. The molecule has 2 heterocycles. The lowest BCUT2D eigenvalue weighted by atomic mass is 10.3. The number of carbonyl (C=O) groups excluding carboxylic acids is 1. The van der Waals surface area contributed by atoms with Gasteiger partial charge in [-0.1, -0.05) is 0 Å². The first-order valence-corrected chi connectivity index (χ1v) is 6.45. The maximum Gasteiger partial charge on any atom is 0.276 e. The third-order valence-electron chi connectivity index (χ3n) is 3.01. The van der Waals surface area contributed by atoms with Crippen LogP contribution >= 0.6 is 0 Å². The Labute approximate surface area is 118 Å². The fourth-order valence-corrected chi connectivity index (χ4v) is 1.72. The van der Waals surface area contributed by atoms with Gasteiger partial charge in [0.2, 0.25) is 0 Å². The van der Waals surface area contributed by atoms with E-state index in [1.54, 1.807) is 21.6 Å². The van der Waals surface area contributed by atoms with Crippen LogP contribution in [0.5, 0.6) is 0 Å². The number of likely N-dealkylation sites (N-methyl/N-ethyl adjacent to an activating group) is 1. The van der Waals surface area contributed by atoms with Crippen molar-refractivity contribution in [1.82, 2.24) is 24.5 Å². The summed E-state index contributed by atoms with van der Waals surface area (Å²) in [5.74, 6) is -0.221. The summed E-state index contributed by atoms with van der Waals surface area (Å²) in [5.41, 5.74) is 2.03. The van der Waals surface area contributed by atoms with Crippen molar-refractivity contribution in [3.63, 3.8) is 0 Å². The highest BCUT2D eigenvalue weighted by Crippen LogP contribution is 2.08. The van der Waals surface area contributed by atoms with E-state index in [0.717, 1.165) is 18.8 Å². The molecular weight excluding hydrogens is 256 g/mol. The van der Waals surface area contributed by atoms with E-state index in [1.165, 1.54) is 0 Å². The SMILES string of the molecule is Cc1cc(C(=O)Nc2cnn(CCN(C)C)c2)nn1C. The van der Waals surface area contributed by atoms with Gasteiger partial charge in [-0.25, -0.2) is 0 Å². The molecule has 2 rings (SSSR count). The van der Waals surface area contributed by atoms with Crippen LogP contribution in [0.25, 0.3) is 0 Å². The lowest BCUT2D eigenvalue weighted by molar-refractivity contribution is 0.102. The minimum atomic E-state index is -0.221. The van der Waals surface area contributed by atoms with Crippen molar-refractivity contribution in [2.75, 3.05) is 26.0 Å². The van der Waals surface area contributed by atoms with Crippen molar-refractivity contribution in [3.05, 3.63) is 29.8 Å². The number of anilines is 1. The third kappa shape index (κ3) is 3.45. The molecule has 0 fully saturated rings. The summed E-state index contributed by atoms with van der Waals surface area (Å²) < 4.78 is 3.48. The van der Waals surface area contributed by atoms with Crippen molar-refractivity contribution in [3.8, 4) is 0 Å². The predicted octanol–water partition coefficient (Wildman–Crippen LogP) is 0.739. The van der Waals surface area contributed by atoms with Gasteiger partial charge in [-0.05, 0) is 27.1 Å². The van der Waals surface area contributed by atoms with Gasteiger partial charge >= 0.3 is 0 Å². The number of hydrogen-bond donors (Lipinski definition) is 1. The molecule has 0 atom stereocenters. The van der Waals surface area contributed by atoms with E-state index >= 15 is 0 Å². The number of rotatable bonds is 5. The minimum absolute atomic E-state index is 0.221. The Bertz CT molecular complexity index is 578. The highest BCUT2D eigenvalue weighted by Gasteiger charge is 2.12. The molecule has 1 amide bonds. The first kappa shape index (κ1) is 14.3. The van der Waals surface area contributed by atoms with Crippen molar-refractivity contribution in [2.45, 2.75) is 13.5 Å². The molecule has 0 unspecified atom stereocenters. The van der Waals surface area contributed by atoms with Gasteiger partial charge in [-0.15, -0.1) is 0 Å². The number of carbonyl (C=O) groups is 1. The number of aromatic nitrogens is 4. The Kier molecular flexibility index (Phi) is 4.19. The Morgan fingerprint density at radius 3 is 2.80 bits per heavy atom. The fourth-order valence-electron chi connectivity index (χ4n) is 1.72. The first-order chi connectivity index (χ1) is 9.45. The predicted molar refractivity (Wildman–Crippen MR) is 76.7 cm³/mol. The molecule has 0 aliphatic carbocycles. The summed E-state index contributed by atoms with van der Waals surface area (Å²) in [6, 6.07) is 1.76. The van der Waals surface area contributed by atoms with Crippen LogP contribution in [-0.4, -0.2) is 51.0 Å². The van der Waals surface area contributed by atoms with Crippen LogP contribution in [0.1, 0.15) is 16.2 Å². The standard InChI is InChI=1S/C13H20N6O/c1-10-7-12(16-18(10)4)13(20)15-11-8-14-19(9-11)6-5-17(2)3/h7-9H,5-6H2,1-4H3,(H,15,20). The summed E-state index contributed by atoms with van der Waals surface area (Å²) in [6.45, 7) is 3.59.